The number of hydrogen-bond donors (Lipinski definition) is 7. The number of phosphoric acid groups is 2. The summed E-state index contributed by atoms with van der Waals surface area (Å²) in [5.41, 5.74) is 6.08. The zero-order valence-electron chi connectivity index (χ0n) is 14.9. The van der Waals surface area contributed by atoms with Gasteiger partial charge in [0.15, 0.2) is 17.7 Å². The average molecular weight is 523 g/mol. The van der Waals surface area contributed by atoms with Crippen molar-refractivity contribution >= 4 is 50.8 Å². The van der Waals surface area contributed by atoms with E-state index in [0.29, 0.717) is 0 Å². The number of hydrogen-bond acceptors (Lipinski definition) is 13. The minimum atomic E-state index is -5.60. The molecular formula is C10H16N5O12P3S. The zero-order valence-corrected chi connectivity index (χ0v) is 18.4. The second kappa shape index (κ2) is 8.76. The first-order valence-electron chi connectivity index (χ1n) is 7.92. The molecule has 17 nitrogen and oxygen atoms in total. The van der Waals surface area contributed by atoms with Crippen LogP contribution >= 0.6 is 33.8 Å². The largest absolute Gasteiger partial charge is 0.488 e. The maximum atomic E-state index is 12.0. The van der Waals surface area contributed by atoms with E-state index in [1.165, 1.54) is 10.9 Å². The lowest BCUT2D eigenvalue weighted by molar-refractivity contribution is -0.0288. The molecule has 1 aliphatic rings. The number of fused-ring (bicyclic) bond motifs is 1. The molecule has 1 aliphatic heterocycles. The predicted octanol–water partition coefficient (Wildman–Crippen LogP) is -0.912. The van der Waals surface area contributed by atoms with Crippen molar-refractivity contribution in [1.82, 2.24) is 19.5 Å². The van der Waals surface area contributed by atoms with Gasteiger partial charge in [-0.2, -0.15) is 8.62 Å². The van der Waals surface area contributed by atoms with Crippen molar-refractivity contribution in [2.45, 2.75) is 24.5 Å². The maximum absolute atomic E-state index is 12.0. The summed E-state index contributed by atoms with van der Waals surface area (Å²) in [5, 5.41) is 20.5. The molecule has 2 aromatic rings. The topological polar surface area (TPSA) is 270 Å². The van der Waals surface area contributed by atoms with E-state index in [9.17, 15) is 33.7 Å². The minimum Gasteiger partial charge on any atom is -0.387 e. The number of aliphatic hydroxyl groups excluding tert-OH is 2. The van der Waals surface area contributed by atoms with Gasteiger partial charge in [0.25, 0.3) is 0 Å². The summed E-state index contributed by atoms with van der Waals surface area (Å²) in [6.45, 7) is -5.02. The molecule has 6 atom stereocenters. The molecule has 0 aliphatic carbocycles. The number of imidazole rings is 1. The van der Waals surface area contributed by atoms with E-state index in [4.69, 9.17) is 20.3 Å². The van der Waals surface area contributed by atoms with Gasteiger partial charge in [-0.25, -0.2) is 28.6 Å². The highest BCUT2D eigenvalue weighted by molar-refractivity contribution is 8.55. The van der Waals surface area contributed by atoms with E-state index in [0.717, 1.165) is 6.33 Å². The SMILES string of the molecule is Nc1ncnc2c1ncn2[C@@H]1O[C@H](CSP(=O)(O)OP(=O)(O)OP(=O)(O)O)[C@@H](O)[C@H]1O. The first-order chi connectivity index (χ1) is 14.2. The highest BCUT2D eigenvalue weighted by Gasteiger charge is 2.46. The molecule has 0 aromatic carbocycles. The second-order valence-electron chi connectivity index (χ2n) is 6.02. The molecule has 0 bridgehead atoms. The van der Waals surface area contributed by atoms with Gasteiger partial charge >= 0.3 is 22.4 Å². The van der Waals surface area contributed by atoms with Crippen molar-refractivity contribution in [1.29, 1.82) is 0 Å². The van der Waals surface area contributed by atoms with Crippen LogP contribution in [-0.2, 0) is 27.1 Å². The number of anilines is 1. The molecule has 3 rings (SSSR count). The summed E-state index contributed by atoms with van der Waals surface area (Å²) in [6.07, 6.45) is -3.21. The molecule has 2 aromatic heterocycles. The Labute approximate surface area is 176 Å². The van der Waals surface area contributed by atoms with Crippen molar-refractivity contribution in [3.8, 4) is 0 Å². The Hall–Kier alpha value is -0.970. The lowest BCUT2D eigenvalue weighted by atomic mass is 10.1. The van der Waals surface area contributed by atoms with Crippen molar-refractivity contribution < 1.29 is 56.8 Å². The van der Waals surface area contributed by atoms with Crippen LogP contribution in [0.2, 0.25) is 0 Å². The zero-order chi connectivity index (χ0) is 23.2. The minimum absolute atomic E-state index is 0.00292. The fraction of sp³-hybridized carbons (Fsp3) is 0.500. The van der Waals surface area contributed by atoms with Gasteiger partial charge in [-0.15, -0.1) is 0 Å². The first-order valence-corrected chi connectivity index (χ1v) is 14.1. The van der Waals surface area contributed by atoms with Gasteiger partial charge in [-0.1, -0.05) is 0 Å². The van der Waals surface area contributed by atoms with Gasteiger partial charge < -0.3 is 40.3 Å². The van der Waals surface area contributed by atoms with E-state index in [-0.39, 0.29) is 28.4 Å². The van der Waals surface area contributed by atoms with E-state index in [1.54, 1.807) is 0 Å². The Morgan fingerprint density at radius 3 is 2.42 bits per heavy atom. The summed E-state index contributed by atoms with van der Waals surface area (Å²) in [6, 6.07) is 0. The van der Waals surface area contributed by atoms with E-state index < -0.39 is 52.7 Å². The third-order valence-corrected chi connectivity index (χ3v) is 9.97. The molecule has 0 saturated carbocycles. The van der Waals surface area contributed by atoms with Crippen LogP contribution in [0.5, 0.6) is 0 Å². The monoisotopic (exact) mass is 523 g/mol. The Kier molecular flexibility index (Phi) is 6.97. The highest BCUT2D eigenvalue weighted by atomic mass is 32.7. The standard InChI is InChI=1S/C10H16N5O12P3S/c11-8-5-9(13-2-12-8)15(3-14-5)10-7(17)6(16)4(25-10)1-31-30(23,24)27-29(21,22)26-28(18,19)20/h2-4,6-7,10,16-17H,1H2,(H,21,22)(H,23,24)(H2,11,12,13)(H2,18,19,20)/t4-,6-,7-,10-/m1/s1. The lowest BCUT2D eigenvalue weighted by Gasteiger charge is -2.18. The second-order valence-corrected chi connectivity index (χ2v) is 12.9. The van der Waals surface area contributed by atoms with Crippen LogP contribution < -0.4 is 5.73 Å². The van der Waals surface area contributed by atoms with Gasteiger partial charge in [0.2, 0.25) is 0 Å². The van der Waals surface area contributed by atoms with Crippen molar-refractivity contribution in [3.63, 3.8) is 0 Å². The molecule has 31 heavy (non-hydrogen) atoms. The van der Waals surface area contributed by atoms with Crippen molar-refractivity contribution in [2.24, 2.45) is 0 Å². The number of nitrogen functional groups attached to an aromatic ring is 1. The van der Waals surface area contributed by atoms with E-state index >= 15 is 0 Å². The molecule has 174 valence electrons. The summed E-state index contributed by atoms with van der Waals surface area (Å²) < 4.78 is 48.2. The van der Waals surface area contributed by atoms with Crippen molar-refractivity contribution in [3.05, 3.63) is 12.7 Å². The lowest BCUT2D eigenvalue weighted by Crippen LogP contribution is -2.32. The molecule has 1 saturated heterocycles. The molecule has 21 heteroatoms. The smallest absolute Gasteiger partial charge is 0.387 e. The quantitative estimate of drug-likeness (QED) is 0.206. The van der Waals surface area contributed by atoms with Crippen LogP contribution in [0.3, 0.4) is 0 Å². The molecular weight excluding hydrogens is 507 g/mol. The molecule has 0 spiro atoms. The third kappa shape index (κ3) is 5.89. The molecule has 1 fully saturated rings. The van der Waals surface area contributed by atoms with Crippen LogP contribution in [0.1, 0.15) is 6.23 Å². The fourth-order valence-corrected chi connectivity index (χ4v) is 8.12. The van der Waals surface area contributed by atoms with Crippen LogP contribution in [0, 0.1) is 0 Å². The number of nitrogens with zero attached hydrogens (tertiary/aromatic N) is 4. The van der Waals surface area contributed by atoms with Gasteiger partial charge in [0.05, 0.1) is 12.4 Å². The normalized spacial score (nSPS) is 28.5. The van der Waals surface area contributed by atoms with Gasteiger partial charge in [-0.05, 0) is 11.4 Å². The Morgan fingerprint density at radius 2 is 1.77 bits per heavy atom. The van der Waals surface area contributed by atoms with Gasteiger partial charge in [0.1, 0.15) is 24.1 Å². The Balaban J connectivity index is 1.69. The van der Waals surface area contributed by atoms with E-state index in [2.05, 4.69) is 23.6 Å². The highest BCUT2D eigenvalue weighted by Crippen LogP contribution is 2.70. The number of nitrogens with two attached hydrogens (primary N) is 1. The number of rotatable bonds is 8. The van der Waals surface area contributed by atoms with Gasteiger partial charge in [0, 0.05) is 5.75 Å². The van der Waals surface area contributed by atoms with Crippen LogP contribution in [0.4, 0.5) is 5.82 Å². The molecule has 8 N–H and O–H groups in total. The maximum Gasteiger partial charge on any atom is 0.488 e. The van der Waals surface area contributed by atoms with E-state index in [1.807, 2.05) is 0 Å². The molecule has 2 unspecified atom stereocenters. The van der Waals surface area contributed by atoms with Crippen molar-refractivity contribution in [2.75, 3.05) is 11.5 Å². The summed E-state index contributed by atoms with van der Waals surface area (Å²) in [5.74, 6) is -0.476. The number of aromatic nitrogens is 4. The molecule has 0 amide bonds. The molecule has 0 radical (unpaired) electrons. The summed E-state index contributed by atoms with van der Waals surface area (Å²) in [4.78, 5) is 47.6. The summed E-state index contributed by atoms with van der Waals surface area (Å²) >= 11 is -0.00292. The van der Waals surface area contributed by atoms with Crippen LogP contribution in [0.15, 0.2) is 12.7 Å². The van der Waals surface area contributed by atoms with Crippen LogP contribution in [0.25, 0.3) is 11.2 Å². The number of ether oxygens (including phenoxy) is 1. The Bertz CT molecular complexity index is 1110. The number of aliphatic hydroxyl groups is 2. The Morgan fingerprint density at radius 1 is 1.10 bits per heavy atom. The average Bonchev–Trinajstić information content (AvgIpc) is 3.13. The fourth-order valence-electron chi connectivity index (χ4n) is 2.62. The van der Waals surface area contributed by atoms with Gasteiger partial charge in [-0.3, -0.25) is 4.57 Å². The molecule has 3 heterocycles. The predicted molar refractivity (Wildman–Crippen MR) is 102 cm³/mol. The van der Waals surface area contributed by atoms with Crippen LogP contribution in [-0.4, -0.2) is 73.4 Å². The first kappa shape index (κ1) is 24.7. The summed E-state index contributed by atoms with van der Waals surface area (Å²) in [7, 11) is -11.1. The third-order valence-electron chi connectivity index (χ3n) is 3.82.